The fourth-order valence-corrected chi connectivity index (χ4v) is 3.11. The third kappa shape index (κ3) is 2.11. The van der Waals surface area contributed by atoms with Crippen molar-refractivity contribution in [3.05, 3.63) is 65.4 Å². The molecule has 4 aromatic rings. The molecule has 118 valence electrons. The summed E-state index contributed by atoms with van der Waals surface area (Å²) in [5.41, 5.74) is 4.42. The molecule has 0 saturated heterocycles. The van der Waals surface area contributed by atoms with Crippen molar-refractivity contribution < 1.29 is 5.11 Å². The Kier molecular flexibility index (Phi) is 3.16. The summed E-state index contributed by atoms with van der Waals surface area (Å²) in [7, 11) is 0. The number of nitriles is 2. The van der Waals surface area contributed by atoms with E-state index in [0.717, 1.165) is 16.6 Å². The predicted octanol–water partition coefficient (Wildman–Crippen LogP) is 3.91. The van der Waals surface area contributed by atoms with Crippen molar-refractivity contribution >= 4 is 16.7 Å². The lowest BCUT2D eigenvalue weighted by Crippen LogP contribution is -1.98. The summed E-state index contributed by atoms with van der Waals surface area (Å²) in [6.07, 6.45) is 1.67. The molecule has 0 saturated carbocycles. The molecule has 25 heavy (non-hydrogen) atoms. The number of phenolic OH excluding ortho intramolecular Hbond substituents is 1. The Morgan fingerprint density at radius 2 is 1.88 bits per heavy atom. The molecule has 2 heterocycles. The Bertz CT molecular complexity index is 1240. The molecule has 5 nitrogen and oxygen atoms in total. The quantitative estimate of drug-likeness (QED) is 0.575. The van der Waals surface area contributed by atoms with Gasteiger partial charge in [0.15, 0.2) is 5.65 Å². The van der Waals surface area contributed by atoms with Crippen LogP contribution < -0.4 is 0 Å². The minimum Gasteiger partial charge on any atom is -0.507 e. The maximum absolute atomic E-state index is 10.3. The van der Waals surface area contributed by atoms with Crippen LogP contribution in [0.25, 0.3) is 27.8 Å². The molecule has 0 fully saturated rings. The molecule has 2 aromatic heterocycles. The van der Waals surface area contributed by atoms with Crippen molar-refractivity contribution in [2.75, 3.05) is 0 Å². The van der Waals surface area contributed by atoms with E-state index in [0.29, 0.717) is 22.3 Å². The average Bonchev–Trinajstić information content (AvgIpc) is 3.00. The fraction of sp³-hybridized carbons (Fsp3) is 0.0500. The Hall–Kier alpha value is -3.83. The van der Waals surface area contributed by atoms with Gasteiger partial charge in [0.05, 0.1) is 16.6 Å². The molecule has 2 aromatic carbocycles. The summed E-state index contributed by atoms with van der Waals surface area (Å²) >= 11 is 0. The van der Waals surface area contributed by atoms with Gasteiger partial charge in [0.1, 0.15) is 23.5 Å². The van der Waals surface area contributed by atoms with E-state index in [9.17, 15) is 15.6 Å². The summed E-state index contributed by atoms with van der Waals surface area (Å²) in [5.74, 6) is 0.0269. The summed E-state index contributed by atoms with van der Waals surface area (Å²) in [4.78, 5) is 4.55. The molecule has 0 spiro atoms. The number of para-hydroxylation sites is 2. The van der Waals surface area contributed by atoms with Crippen LogP contribution in [0.1, 0.15) is 16.7 Å². The highest BCUT2D eigenvalue weighted by Gasteiger charge is 2.20. The van der Waals surface area contributed by atoms with Crippen LogP contribution in [0, 0.1) is 29.6 Å². The van der Waals surface area contributed by atoms with E-state index in [4.69, 9.17) is 0 Å². The minimum absolute atomic E-state index is 0.0269. The topological polar surface area (TPSA) is 85.1 Å². The minimum atomic E-state index is 0.0269. The number of hydrogen-bond acceptors (Lipinski definition) is 4. The monoisotopic (exact) mass is 324 g/mol. The number of rotatable bonds is 1. The fourth-order valence-electron chi connectivity index (χ4n) is 3.11. The SMILES string of the molecule is Cc1ccc(O)c(-c2c(C#N)cn3c(nc4ccccc43)c2C#N)c1. The van der Waals surface area contributed by atoms with Crippen molar-refractivity contribution in [1.82, 2.24) is 9.38 Å². The lowest BCUT2D eigenvalue weighted by Gasteiger charge is -2.11. The van der Waals surface area contributed by atoms with Crippen LogP contribution >= 0.6 is 0 Å². The second-order valence-electron chi connectivity index (χ2n) is 5.83. The summed E-state index contributed by atoms with van der Waals surface area (Å²) < 4.78 is 1.75. The van der Waals surface area contributed by atoms with Crippen molar-refractivity contribution in [1.29, 1.82) is 10.5 Å². The molecular weight excluding hydrogens is 312 g/mol. The summed E-state index contributed by atoms with van der Waals surface area (Å²) in [6, 6.07) is 16.9. The number of phenols is 1. The van der Waals surface area contributed by atoms with Gasteiger partial charge in [0.2, 0.25) is 0 Å². The molecule has 0 aliphatic heterocycles. The van der Waals surface area contributed by atoms with Crippen molar-refractivity contribution in [2.45, 2.75) is 6.92 Å². The zero-order valence-electron chi connectivity index (χ0n) is 13.4. The largest absolute Gasteiger partial charge is 0.507 e. The Labute approximate surface area is 143 Å². The zero-order valence-corrected chi connectivity index (χ0v) is 13.4. The number of fused-ring (bicyclic) bond motifs is 3. The van der Waals surface area contributed by atoms with E-state index in [1.54, 1.807) is 28.8 Å². The van der Waals surface area contributed by atoms with Gasteiger partial charge in [0.25, 0.3) is 0 Å². The second-order valence-corrected chi connectivity index (χ2v) is 5.83. The molecule has 0 aliphatic rings. The first-order chi connectivity index (χ1) is 12.1. The standard InChI is InChI=1S/C20H12N4O/c1-12-6-7-18(25)14(8-12)19-13(9-21)11-24-17-5-3-2-4-16(17)23-20(24)15(19)10-22/h2-8,11,25H,1H3. The zero-order chi connectivity index (χ0) is 17.6. The lowest BCUT2D eigenvalue weighted by molar-refractivity contribution is 0.477. The molecular formula is C20H12N4O. The first-order valence-corrected chi connectivity index (χ1v) is 7.68. The smallest absolute Gasteiger partial charge is 0.156 e. The first kappa shape index (κ1) is 14.7. The Morgan fingerprint density at radius 3 is 2.64 bits per heavy atom. The predicted molar refractivity (Wildman–Crippen MR) is 94.0 cm³/mol. The van der Waals surface area contributed by atoms with Crippen LogP contribution in [0.15, 0.2) is 48.7 Å². The maximum Gasteiger partial charge on any atom is 0.156 e. The number of nitrogens with zero attached hydrogens (tertiary/aromatic N) is 4. The van der Waals surface area contributed by atoms with Gasteiger partial charge in [-0.15, -0.1) is 0 Å². The Balaban J connectivity index is 2.22. The van der Waals surface area contributed by atoms with Gasteiger partial charge >= 0.3 is 0 Å². The van der Waals surface area contributed by atoms with Gasteiger partial charge in [-0.3, -0.25) is 4.40 Å². The molecule has 0 amide bonds. The number of pyridine rings is 1. The van der Waals surface area contributed by atoms with Crippen molar-refractivity contribution in [3.63, 3.8) is 0 Å². The van der Waals surface area contributed by atoms with Crippen molar-refractivity contribution in [3.8, 4) is 29.0 Å². The average molecular weight is 324 g/mol. The number of aromatic hydroxyl groups is 1. The van der Waals surface area contributed by atoms with Crippen LogP contribution in [0.3, 0.4) is 0 Å². The number of aryl methyl sites for hydroxylation is 1. The van der Waals surface area contributed by atoms with E-state index < -0.39 is 0 Å². The number of aromatic nitrogens is 2. The molecule has 0 atom stereocenters. The number of hydrogen-bond donors (Lipinski definition) is 1. The molecule has 0 radical (unpaired) electrons. The summed E-state index contributed by atoms with van der Waals surface area (Å²) in [6.45, 7) is 1.89. The highest BCUT2D eigenvalue weighted by Crippen LogP contribution is 2.37. The Morgan fingerprint density at radius 1 is 1.08 bits per heavy atom. The molecule has 0 unspecified atom stereocenters. The van der Waals surface area contributed by atoms with Crippen LogP contribution in [0.4, 0.5) is 0 Å². The normalized spacial score (nSPS) is 10.7. The lowest BCUT2D eigenvalue weighted by atomic mass is 9.95. The van der Waals surface area contributed by atoms with Gasteiger partial charge in [0, 0.05) is 17.3 Å². The van der Waals surface area contributed by atoms with E-state index >= 15 is 0 Å². The van der Waals surface area contributed by atoms with E-state index in [-0.39, 0.29) is 11.3 Å². The van der Waals surface area contributed by atoms with Crippen LogP contribution in [-0.2, 0) is 0 Å². The molecule has 4 rings (SSSR count). The van der Waals surface area contributed by atoms with Gasteiger partial charge < -0.3 is 5.11 Å². The molecule has 1 N–H and O–H groups in total. The molecule has 0 aliphatic carbocycles. The van der Waals surface area contributed by atoms with E-state index in [1.165, 1.54) is 0 Å². The first-order valence-electron chi connectivity index (χ1n) is 7.68. The molecule has 0 bridgehead atoms. The van der Waals surface area contributed by atoms with Gasteiger partial charge in [-0.1, -0.05) is 23.8 Å². The van der Waals surface area contributed by atoms with E-state index in [2.05, 4.69) is 17.1 Å². The van der Waals surface area contributed by atoms with Crippen LogP contribution in [-0.4, -0.2) is 14.5 Å². The highest BCUT2D eigenvalue weighted by atomic mass is 16.3. The van der Waals surface area contributed by atoms with E-state index in [1.807, 2.05) is 31.2 Å². The van der Waals surface area contributed by atoms with Gasteiger partial charge in [-0.25, -0.2) is 4.98 Å². The summed E-state index contributed by atoms with van der Waals surface area (Å²) in [5, 5.41) is 29.7. The van der Waals surface area contributed by atoms with Crippen LogP contribution in [0.2, 0.25) is 0 Å². The number of imidazole rings is 1. The molecule has 5 heteroatoms. The van der Waals surface area contributed by atoms with Crippen LogP contribution in [0.5, 0.6) is 5.75 Å². The van der Waals surface area contributed by atoms with Gasteiger partial charge in [-0.2, -0.15) is 10.5 Å². The third-order valence-corrected chi connectivity index (χ3v) is 4.25. The van der Waals surface area contributed by atoms with Crippen molar-refractivity contribution in [2.24, 2.45) is 0 Å². The third-order valence-electron chi connectivity index (χ3n) is 4.25. The van der Waals surface area contributed by atoms with Gasteiger partial charge in [-0.05, 0) is 31.2 Å². The highest BCUT2D eigenvalue weighted by molar-refractivity contribution is 5.90. The second kappa shape index (κ2) is 5.36. The number of benzene rings is 2. The maximum atomic E-state index is 10.3.